The molecular weight excluding hydrogens is 262 g/mol. The molecule has 21 heavy (non-hydrogen) atoms. The van der Waals surface area contributed by atoms with Crippen molar-refractivity contribution in [2.75, 3.05) is 7.11 Å². The molecule has 0 spiro atoms. The van der Waals surface area contributed by atoms with Gasteiger partial charge in [-0.1, -0.05) is 19.9 Å². The van der Waals surface area contributed by atoms with Crippen molar-refractivity contribution in [1.29, 1.82) is 0 Å². The van der Waals surface area contributed by atoms with Crippen LogP contribution in [0.15, 0.2) is 36.5 Å². The molecule has 4 heteroatoms. The molecule has 3 aromatic rings. The summed E-state index contributed by atoms with van der Waals surface area (Å²) in [6.07, 6.45) is 3.68. The molecule has 0 radical (unpaired) electrons. The van der Waals surface area contributed by atoms with Crippen LogP contribution in [0, 0.1) is 0 Å². The van der Waals surface area contributed by atoms with Gasteiger partial charge in [-0.2, -0.15) is 5.10 Å². The third-order valence-corrected chi connectivity index (χ3v) is 3.71. The zero-order valence-corrected chi connectivity index (χ0v) is 12.6. The van der Waals surface area contributed by atoms with E-state index in [2.05, 4.69) is 36.1 Å². The Morgan fingerprint density at radius 3 is 2.67 bits per heavy atom. The summed E-state index contributed by atoms with van der Waals surface area (Å²) in [6, 6.07) is 10.2. The number of methoxy groups -OCH3 is 1. The molecular formula is C17H19N3O. The van der Waals surface area contributed by atoms with E-state index in [-0.39, 0.29) is 0 Å². The lowest BCUT2D eigenvalue weighted by Gasteiger charge is -2.09. The maximum Gasteiger partial charge on any atom is 0.161 e. The van der Waals surface area contributed by atoms with Gasteiger partial charge >= 0.3 is 0 Å². The molecule has 0 saturated carbocycles. The molecule has 0 aliphatic heterocycles. The van der Waals surface area contributed by atoms with Crippen LogP contribution in [0.4, 0.5) is 0 Å². The normalized spacial score (nSPS) is 11.0. The zero-order valence-electron chi connectivity index (χ0n) is 12.6. The molecule has 3 rings (SSSR count). The smallest absolute Gasteiger partial charge is 0.161 e. The Hall–Kier alpha value is -2.36. The number of aryl methyl sites for hydroxylation is 2. The molecule has 0 unspecified atom stereocenters. The van der Waals surface area contributed by atoms with E-state index in [1.54, 1.807) is 7.11 Å². The second-order valence-electron chi connectivity index (χ2n) is 4.97. The van der Waals surface area contributed by atoms with E-state index in [4.69, 9.17) is 4.74 Å². The van der Waals surface area contributed by atoms with E-state index in [1.807, 2.05) is 29.1 Å². The molecule has 0 atom stereocenters. The van der Waals surface area contributed by atoms with E-state index < -0.39 is 0 Å². The second-order valence-corrected chi connectivity index (χ2v) is 4.97. The maximum absolute atomic E-state index is 5.34. The van der Waals surface area contributed by atoms with Crippen LogP contribution in [-0.2, 0) is 12.8 Å². The number of hydrogen-bond acceptors (Lipinski definition) is 3. The van der Waals surface area contributed by atoms with Crippen LogP contribution in [0.3, 0.4) is 0 Å². The first-order valence-corrected chi connectivity index (χ1v) is 7.27. The highest BCUT2D eigenvalue weighted by atomic mass is 16.5. The van der Waals surface area contributed by atoms with Crippen molar-refractivity contribution in [2.24, 2.45) is 0 Å². The molecule has 0 N–H and O–H groups in total. The Morgan fingerprint density at radius 2 is 1.95 bits per heavy atom. The first kappa shape index (κ1) is 13.6. The average molecular weight is 281 g/mol. The number of pyridine rings is 1. The van der Waals surface area contributed by atoms with Crippen molar-refractivity contribution in [3.63, 3.8) is 0 Å². The van der Waals surface area contributed by atoms with Crippen molar-refractivity contribution in [3.8, 4) is 11.6 Å². The average Bonchev–Trinajstić information content (AvgIpc) is 2.97. The van der Waals surface area contributed by atoms with E-state index in [1.165, 1.54) is 5.69 Å². The summed E-state index contributed by atoms with van der Waals surface area (Å²) < 4.78 is 7.30. The van der Waals surface area contributed by atoms with Crippen LogP contribution in [0.25, 0.3) is 16.6 Å². The second kappa shape index (κ2) is 5.56. The van der Waals surface area contributed by atoms with Gasteiger partial charge in [0, 0.05) is 17.3 Å². The van der Waals surface area contributed by atoms with Crippen molar-refractivity contribution >= 4 is 10.8 Å². The monoisotopic (exact) mass is 281 g/mol. The van der Waals surface area contributed by atoms with Gasteiger partial charge in [0.05, 0.1) is 12.8 Å². The number of fused-ring (bicyclic) bond motifs is 1. The van der Waals surface area contributed by atoms with Gasteiger partial charge in [-0.15, -0.1) is 0 Å². The van der Waals surface area contributed by atoms with Crippen LogP contribution in [0.5, 0.6) is 5.75 Å². The molecule has 1 aromatic carbocycles. The molecule has 2 aromatic heterocycles. The van der Waals surface area contributed by atoms with Gasteiger partial charge in [-0.25, -0.2) is 9.67 Å². The highest BCUT2D eigenvalue weighted by molar-refractivity contribution is 5.89. The first-order valence-electron chi connectivity index (χ1n) is 7.27. The molecule has 2 heterocycles. The van der Waals surface area contributed by atoms with Crippen molar-refractivity contribution in [3.05, 3.63) is 47.9 Å². The van der Waals surface area contributed by atoms with Gasteiger partial charge < -0.3 is 4.74 Å². The Balaban J connectivity index is 2.26. The van der Waals surface area contributed by atoms with Crippen LogP contribution in [0.1, 0.15) is 25.2 Å². The van der Waals surface area contributed by atoms with Crippen molar-refractivity contribution in [2.45, 2.75) is 26.7 Å². The molecule has 0 aliphatic carbocycles. The van der Waals surface area contributed by atoms with Gasteiger partial charge in [-0.3, -0.25) is 0 Å². The summed E-state index contributed by atoms with van der Waals surface area (Å²) >= 11 is 0. The third-order valence-electron chi connectivity index (χ3n) is 3.71. The Labute approximate surface area is 124 Å². The summed E-state index contributed by atoms with van der Waals surface area (Å²) in [4.78, 5) is 4.55. The minimum Gasteiger partial charge on any atom is -0.497 e. The van der Waals surface area contributed by atoms with E-state index >= 15 is 0 Å². The van der Waals surface area contributed by atoms with Crippen molar-refractivity contribution in [1.82, 2.24) is 14.8 Å². The number of aromatic nitrogens is 3. The lowest BCUT2D eigenvalue weighted by molar-refractivity contribution is 0.415. The maximum atomic E-state index is 5.34. The SMILES string of the molecule is CCc1cc(CC)n(-c2nccc3ccc(OC)cc23)n1. The molecule has 108 valence electrons. The van der Waals surface area contributed by atoms with Crippen LogP contribution in [0.2, 0.25) is 0 Å². The van der Waals surface area contributed by atoms with Gasteiger partial charge in [-0.05, 0) is 42.5 Å². The highest BCUT2D eigenvalue weighted by Gasteiger charge is 2.12. The third kappa shape index (κ3) is 2.37. The number of hydrogen-bond donors (Lipinski definition) is 0. The lowest BCUT2D eigenvalue weighted by Crippen LogP contribution is -2.05. The fourth-order valence-electron chi connectivity index (χ4n) is 2.51. The quantitative estimate of drug-likeness (QED) is 0.734. The molecule has 4 nitrogen and oxygen atoms in total. The minimum absolute atomic E-state index is 0.831. The first-order chi connectivity index (χ1) is 10.3. The zero-order chi connectivity index (χ0) is 14.8. The standard InChI is InChI=1S/C17H19N3O/c1-4-13-10-14(5-2)20(19-13)17-16-11-15(21-3)7-6-12(16)8-9-18-17/h6-11H,4-5H2,1-3H3. The van der Waals surface area contributed by atoms with Crippen LogP contribution >= 0.6 is 0 Å². The molecule has 0 amide bonds. The fourth-order valence-corrected chi connectivity index (χ4v) is 2.51. The Kier molecular flexibility index (Phi) is 3.60. The number of rotatable bonds is 4. The summed E-state index contributed by atoms with van der Waals surface area (Å²) in [5, 5.41) is 6.88. The molecule has 0 fully saturated rings. The Bertz CT molecular complexity index is 777. The van der Waals surface area contributed by atoms with Gasteiger partial charge in [0.2, 0.25) is 0 Å². The Morgan fingerprint density at radius 1 is 1.10 bits per heavy atom. The van der Waals surface area contributed by atoms with Gasteiger partial charge in [0.25, 0.3) is 0 Å². The largest absolute Gasteiger partial charge is 0.497 e. The predicted molar refractivity (Wildman–Crippen MR) is 84.2 cm³/mol. The number of benzene rings is 1. The topological polar surface area (TPSA) is 39.9 Å². The van der Waals surface area contributed by atoms with Crippen molar-refractivity contribution < 1.29 is 4.74 Å². The highest BCUT2D eigenvalue weighted by Crippen LogP contribution is 2.26. The summed E-state index contributed by atoms with van der Waals surface area (Å²) in [5.74, 6) is 1.70. The minimum atomic E-state index is 0.831. The summed E-state index contributed by atoms with van der Waals surface area (Å²) in [7, 11) is 1.68. The van der Waals surface area contributed by atoms with Gasteiger partial charge in [0.1, 0.15) is 5.75 Å². The van der Waals surface area contributed by atoms with Crippen LogP contribution in [-0.4, -0.2) is 21.9 Å². The predicted octanol–water partition coefficient (Wildman–Crippen LogP) is 3.55. The van der Waals surface area contributed by atoms with E-state index in [0.717, 1.165) is 40.9 Å². The van der Waals surface area contributed by atoms with Gasteiger partial charge in [0.15, 0.2) is 5.82 Å². The molecule has 0 bridgehead atoms. The fraction of sp³-hybridized carbons (Fsp3) is 0.294. The van der Waals surface area contributed by atoms with E-state index in [9.17, 15) is 0 Å². The lowest BCUT2D eigenvalue weighted by atomic mass is 10.1. The number of nitrogens with zero attached hydrogens (tertiary/aromatic N) is 3. The van der Waals surface area contributed by atoms with Crippen LogP contribution < -0.4 is 4.74 Å². The van der Waals surface area contributed by atoms with E-state index in [0.29, 0.717) is 0 Å². The molecule has 0 aliphatic rings. The summed E-state index contributed by atoms with van der Waals surface area (Å²) in [5.41, 5.74) is 2.27. The summed E-state index contributed by atoms with van der Waals surface area (Å²) in [6.45, 7) is 4.25. The molecule has 0 saturated heterocycles. The number of ether oxygens (including phenoxy) is 1.